The van der Waals surface area contributed by atoms with Crippen LogP contribution in [0.3, 0.4) is 0 Å². The Kier molecular flexibility index (Phi) is 4.27. The Morgan fingerprint density at radius 1 is 0.839 bits per heavy atom. The van der Waals surface area contributed by atoms with Crippen molar-refractivity contribution in [3.63, 3.8) is 0 Å². The van der Waals surface area contributed by atoms with E-state index in [4.69, 9.17) is 27.9 Å². The number of ether oxygens (including phenoxy) is 1. The van der Waals surface area contributed by atoms with Crippen LogP contribution in [-0.4, -0.2) is 49.8 Å². The fourth-order valence-electron chi connectivity index (χ4n) is 4.74. The Labute approximate surface area is 186 Å². The van der Waals surface area contributed by atoms with Crippen molar-refractivity contribution in [1.82, 2.24) is 9.55 Å². The first-order valence-electron chi connectivity index (χ1n) is 9.93. The van der Waals surface area contributed by atoms with Crippen LogP contribution in [0.15, 0.2) is 48.5 Å². The number of aliphatic hydroxyl groups excluding tert-OH is 3. The van der Waals surface area contributed by atoms with E-state index in [-0.39, 0.29) is 6.61 Å². The fourth-order valence-corrected chi connectivity index (χ4v) is 5.08. The quantitative estimate of drug-likeness (QED) is 0.301. The van der Waals surface area contributed by atoms with E-state index in [0.29, 0.717) is 10.0 Å². The van der Waals surface area contributed by atoms with Gasteiger partial charge < -0.3 is 29.6 Å². The van der Waals surface area contributed by atoms with Gasteiger partial charge in [0.15, 0.2) is 6.23 Å². The van der Waals surface area contributed by atoms with Gasteiger partial charge in [0.05, 0.1) is 23.2 Å². The van der Waals surface area contributed by atoms with E-state index in [1.807, 2.05) is 47.0 Å². The molecule has 0 unspecified atom stereocenters. The highest BCUT2D eigenvalue weighted by atomic mass is 35.5. The molecule has 2 aromatic heterocycles. The lowest BCUT2D eigenvalue weighted by molar-refractivity contribution is -0.208. The summed E-state index contributed by atoms with van der Waals surface area (Å²) in [5.74, 6) is 0. The summed E-state index contributed by atoms with van der Waals surface area (Å²) in [4.78, 5) is 3.46. The van der Waals surface area contributed by atoms with E-state index in [1.54, 1.807) is 6.07 Å². The molecule has 6 rings (SSSR count). The average Bonchev–Trinajstić information content (AvgIpc) is 3.27. The molecule has 8 heteroatoms. The van der Waals surface area contributed by atoms with E-state index in [0.717, 1.165) is 43.6 Å². The van der Waals surface area contributed by atoms with Crippen LogP contribution < -0.4 is 0 Å². The van der Waals surface area contributed by atoms with Crippen LogP contribution in [0.2, 0.25) is 10.0 Å². The van der Waals surface area contributed by atoms with Crippen LogP contribution in [0.25, 0.3) is 43.6 Å². The number of aromatic nitrogens is 2. The number of hydrogen-bond acceptors (Lipinski definition) is 4. The number of fused-ring (bicyclic) bond motifs is 7. The predicted molar refractivity (Wildman–Crippen MR) is 122 cm³/mol. The Morgan fingerprint density at radius 2 is 1.55 bits per heavy atom. The molecule has 0 aliphatic carbocycles. The van der Waals surface area contributed by atoms with Gasteiger partial charge in [-0.1, -0.05) is 41.4 Å². The molecule has 1 aliphatic heterocycles. The molecule has 1 saturated heterocycles. The average molecular weight is 457 g/mol. The number of rotatable bonds is 1. The summed E-state index contributed by atoms with van der Waals surface area (Å²) in [6.07, 6.45) is -4.67. The number of benzene rings is 3. The van der Waals surface area contributed by atoms with Crippen molar-refractivity contribution in [2.75, 3.05) is 6.61 Å². The van der Waals surface area contributed by atoms with Crippen molar-refractivity contribution in [3.8, 4) is 0 Å². The molecule has 0 saturated carbocycles. The standard InChI is InChI=1S/C23H18Cl2N2O4/c24-10-2-6-17-15(7-10)14-5-4-13-12-3-1-11(25)8-16(12)26-19(13)20(14)27(17)23-22(30)21(29)18(28)9-31-23/h1-8,18,21-23,26,28-30H,9H2/t18-,21-,22-,23+/m0/s1. The number of hydrogen-bond donors (Lipinski definition) is 4. The molecular weight excluding hydrogens is 439 g/mol. The Morgan fingerprint density at radius 3 is 2.39 bits per heavy atom. The van der Waals surface area contributed by atoms with Gasteiger partial charge in [0.2, 0.25) is 0 Å². The van der Waals surface area contributed by atoms with Gasteiger partial charge in [-0.2, -0.15) is 0 Å². The second-order valence-corrected chi connectivity index (χ2v) is 8.88. The molecule has 5 aromatic rings. The van der Waals surface area contributed by atoms with Gasteiger partial charge in [0.25, 0.3) is 0 Å². The number of halogens is 2. The monoisotopic (exact) mass is 456 g/mol. The maximum absolute atomic E-state index is 10.8. The molecule has 1 fully saturated rings. The Hall–Kier alpha value is -2.32. The summed E-state index contributed by atoms with van der Waals surface area (Å²) < 4.78 is 7.72. The van der Waals surface area contributed by atoms with E-state index < -0.39 is 24.5 Å². The van der Waals surface area contributed by atoms with Gasteiger partial charge in [-0.15, -0.1) is 0 Å². The van der Waals surface area contributed by atoms with Crippen molar-refractivity contribution in [2.45, 2.75) is 24.5 Å². The molecule has 4 N–H and O–H groups in total. The molecule has 6 nitrogen and oxygen atoms in total. The summed E-state index contributed by atoms with van der Waals surface area (Å²) in [6, 6.07) is 15.3. The number of nitrogens with zero attached hydrogens (tertiary/aromatic N) is 1. The molecule has 3 aromatic carbocycles. The molecule has 1 aliphatic rings. The molecular formula is C23H18Cl2N2O4. The number of H-pyrrole nitrogens is 1. The summed E-state index contributed by atoms with van der Waals surface area (Å²) in [6.45, 7) is -0.0874. The number of nitrogens with one attached hydrogen (secondary N) is 1. The molecule has 0 spiro atoms. The van der Waals surface area contributed by atoms with Gasteiger partial charge in [0, 0.05) is 37.1 Å². The van der Waals surface area contributed by atoms with Crippen molar-refractivity contribution in [3.05, 3.63) is 58.6 Å². The SMILES string of the molecule is O[C@@H]1[C@H](O)[C@H](n2c3ccc(Cl)cc3c3ccc4c5ccc(Cl)cc5[nH]c4c32)OC[C@@H]1O. The van der Waals surface area contributed by atoms with Crippen LogP contribution in [0.5, 0.6) is 0 Å². The van der Waals surface area contributed by atoms with Crippen molar-refractivity contribution >= 4 is 66.8 Å². The zero-order valence-electron chi connectivity index (χ0n) is 16.1. The summed E-state index contributed by atoms with van der Waals surface area (Å²) >= 11 is 12.5. The van der Waals surface area contributed by atoms with Gasteiger partial charge in [0.1, 0.15) is 18.3 Å². The maximum atomic E-state index is 10.8. The lowest BCUT2D eigenvalue weighted by Gasteiger charge is -2.36. The number of aliphatic hydroxyl groups is 3. The molecule has 0 amide bonds. The first-order chi connectivity index (χ1) is 14.9. The zero-order valence-corrected chi connectivity index (χ0v) is 17.6. The molecule has 0 bridgehead atoms. The van der Waals surface area contributed by atoms with Crippen molar-refractivity contribution in [2.24, 2.45) is 0 Å². The third-order valence-electron chi connectivity index (χ3n) is 6.19. The zero-order chi connectivity index (χ0) is 21.4. The predicted octanol–water partition coefficient (Wildman–Crippen LogP) is 4.35. The molecule has 31 heavy (non-hydrogen) atoms. The smallest absolute Gasteiger partial charge is 0.163 e. The minimum Gasteiger partial charge on any atom is -0.388 e. The van der Waals surface area contributed by atoms with Gasteiger partial charge in [-0.25, -0.2) is 0 Å². The highest BCUT2D eigenvalue weighted by Gasteiger charge is 2.40. The summed E-state index contributed by atoms with van der Waals surface area (Å²) in [5, 5.41) is 36.1. The molecule has 158 valence electrons. The van der Waals surface area contributed by atoms with Crippen LogP contribution in [0, 0.1) is 0 Å². The Balaban J connectivity index is 1.76. The third kappa shape index (κ3) is 2.74. The molecule has 3 heterocycles. The lowest BCUT2D eigenvalue weighted by atomic mass is 10.0. The van der Waals surface area contributed by atoms with E-state index >= 15 is 0 Å². The second-order valence-electron chi connectivity index (χ2n) is 8.00. The summed E-state index contributed by atoms with van der Waals surface area (Å²) in [5.41, 5.74) is 3.37. The second kappa shape index (κ2) is 6.84. The minimum atomic E-state index is -1.32. The van der Waals surface area contributed by atoms with Gasteiger partial charge >= 0.3 is 0 Å². The first-order valence-corrected chi connectivity index (χ1v) is 10.7. The minimum absolute atomic E-state index is 0.0874. The topological polar surface area (TPSA) is 90.6 Å². The van der Waals surface area contributed by atoms with Crippen LogP contribution in [0.1, 0.15) is 6.23 Å². The first kappa shape index (κ1) is 19.4. The highest BCUT2D eigenvalue weighted by molar-refractivity contribution is 6.33. The third-order valence-corrected chi connectivity index (χ3v) is 6.66. The highest BCUT2D eigenvalue weighted by Crippen LogP contribution is 2.41. The fraction of sp³-hybridized carbons (Fsp3) is 0.217. The summed E-state index contributed by atoms with van der Waals surface area (Å²) in [7, 11) is 0. The molecule has 4 atom stereocenters. The van der Waals surface area contributed by atoms with Crippen LogP contribution in [0.4, 0.5) is 0 Å². The van der Waals surface area contributed by atoms with E-state index in [1.165, 1.54) is 0 Å². The normalized spacial score (nSPS) is 24.7. The van der Waals surface area contributed by atoms with E-state index in [2.05, 4.69) is 4.98 Å². The largest absolute Gasteiger partial charge is 0.388 e. The Bertz CT molecular complexity index is 1490. The lowest BCUT2D eigenvalue weighted by Crippen LogP contribution is -2.50. The van der Waals surface area contributed by atoms with Crippen LogP contribution >= 0.6 is 23.2 Å². The van der Waals surface area contributed by atoms with Gasteiger partial charge in [-0.3, -0.25) is 0 Å². The molecule has 0 radical (unpaired) electrons. The maximum Gasteiger partial charge on any atom is 0.163 e. The van der Waals surface area contributed by atoms with E-state index in [9.17, 15) is 15.3 Å². The number of aromatic amines is 1. The van der Waals surface area contributed by atoms with Gasteiger partial charge in [-0.05, 0) is 30.3 Å². The van der Waals surface area contributed by atoms with Crippen LogP contribution in [-0.2, 0) is 4.74 Å². The van der Waals surface area contributed by atoms with Crippen molar-refractivity contribution < 1.29 is 20.1 Å². The van der Waals surface area contributed by atoms with Crippen molar-refractivity contribution in [1.29, 1.82) is 0 Å².